The number of carbonyl (C=O) groups is 1. The SMILES string of the molecule is NCCCCCC(=O)Nc1ccc([As]2SCCCS2)cc1. The van der Waals surface area contributed by atoms with E-state index in [4.69, 9.17) is 5.73 Å². The normalized spacial score (nSPS) is 15.9. The first-order valence-corrected chi connectivity index (χ1v) is 14.9. The van der Waals surface area contributed by atoms with Crippen LogP contribution < -0.4 is 15.4 Å². The fourth-order valence-corrected chi connectivity index (χ4v) is 15.1. The maximum atomic E-state index is 11.8. The maximum absolute atomic E-state index is 11.8. The predicted molar refractivity (Wildman–Crippen MR) is 97.5 cm³/mol. The molecule has 1 aromatic carbocycles. The van der Waals surface area contributed by atoms with Crippen LogP contribution in [-0.4, -0.2) is 36.3 Å². The van der Waals surface area contributed by atoms with E-state index in [1.165, 1.54) is 22.3 Å². The molecule has 1 amide bonds. The minimum absolute atomic E-state index is 0.110. The molecule has 1 aliphatic rings. The summed E-state index contributed by atoms with van der Waals surface area (Å²) >= 11 is -0.929. The molecule has 0 aromatic heterocycles. The van der Waals surface area contributed by atoms with E-state index in [-0.39, 0.29) is 5.91 Å². The van der Waals surface area contributed by atoms with Gasteiger partial charge in [-0.1, -0.05) is 0 Å². The van der Waals surface area contributed by atoms with Crippen LogP contribution in [0.15, 0.2) is 24.3 Å². The number of hydrogen-bond donors (Lipinski definition) is 2. The molecule has 2 rings (SSSR count). The minimum atomic E-state index is -0.929. The van der Waals surface area contributed by atoms with Crippen LogP contribution in [0.3, 0.4) is 0 Å². The molecule has 3 N–H and O–H groups in total. The van der Waals surface area contributed by atoms with Gasteiger partial charge in [0, 0.05) is 0 Å². The van der Waals surface area contributed by atoms with Crippen LogP contribution in [0.25, 0.3) is 0 Å². The number of unbranched alkanes of at least 4 members (excludes halogenated alkanes) is 2. The summed E-state index contributed by atoms with van der Waals surface area (Å²) in [5, 5.41) is 2.98. The van der Waals surface area contributed by atoms with Crippen molar-refractivity contribution in [3.8, 4) is 0 Å². The molecule has 0 atom stereocenters. The summed E-state index contributed by atoms with van der Waals surface area (Å²) in [6.07, 6.45) is 4.89. The van der Waals surface area contributed by atoms with Crippen molar-refractivity contribution < 1.29 is 4.79 Å². The molecule has 21 heavy (non-hydrogen) atoms. The van der Waals surface area contributed by atoms with Crippen LogP contribution in [0.1, 0.15) is 32.1 Å². The fourth-order valence-electron chi connectivity index (χ4n) is 2.04. The van der Waals surface area contributed by atoms with Gasteiger partial charge in [0.2, 0.25) is 0 Å². The Morgan fingerprint density at radius 2 is 1.86 bits per heavy atom. The van der Waals surface area contributed by atoms with Crippen molar-refractivity contribution in [1.29, 1.82) is 0 Å². The number of nitrogens with one attached hydrogen (secondary N) is 1. The summed E-state index contributed by atoms with van der Waals surface area (Å²) in [6.45, 7) is 0.713. The third-order valence-corrected chi connectivity index (χ3v) is 16.8. The van der Waals surface area contributed by atoms with Gasteiger partial charge in [-0.3, -0.25) is 0 Å². The third kappa shape index (κ3) is 6.27. The van der Waals surface area contributed by atoms with E-state index in [1.54, 1.807) is 0 Å². The number of benzene rings is 1. The standard InChI is InChI=1S/C15H23AsN2OS2/c17-10-3-1-2-5-15(19)18-14-8-6-13(7-9-14)16-20-11-4-12-21-16/h6-9H,1-5,10-12,17H2,(H,18,19). The summed E-state index contributed by atoms with van der Waals surface area (Å²) in [6, 6.07) is 8.51. The Hall–Kier alpha value is -0.0916. The van der Waals surface area contributed by atoms with Crippen LogP contribution in [0, 0.1) is 0 Å². The fraction of sp³-hybridized carbons (Fsp3) is 0.533. The van der Waals surface area contributed by atoms with E-state index in [0.29, 0.717) is 13.0 Å². The second-order valence-electron chi connectivity index (χ2n) is 4.97. The molecule has 0 spiro atoms. The Labute approximate surface area is 138 Å². The van der Waals surface area contributed by atoms with Gasteiger partial charge in [0.15, 0.2) is 0 Å². The number of carbonyl (C=O) groups excluding carboxylic acids is 1. The Morgan fingerprint density at radius 3 is 2.52 bits per heavy atom. The van der Waals surface area contributed by atoms with Crippen molar-refractivity contribution in [3.63, 3.8) is 0 Å². The zero-order chi connectivity index (χ0) is 14.9. The van der Waals surface area contributed by atoms with Gasteiger partial charge in [-0.15, -0.1) is 0 Å². The van der Waals surface area contributed by atoms with Crippen molar-refractivity contribution in [1.82, 2.24) is 0 Å². The van der Waals surface area contributed by atoms with Crippen molar-refractivity contribution in [2.75, 3.05) is 23.4 Å². The molecule has 1 aliphatic heterocycles. The summed E-state index contributed by atoms with van der Waals surface area (Å²) in [5.41, 5.74) is 6.36. The first-order chi connectivity index (χ1) is 10.3. The Kier molecular flexibility index (Phi) is 8.08. The topological polar surface area (TPSA) is 55.1 Å². The van der Waals surface area contributed by atoms with Crippen LogP contribution in [-0.2, 0) is 4.79 Å². The number of hydrogen-bond acceptors (Lipinski definition) is 4. The average molecular weight is 386 g/mol. The van der Waals surface area contributed by atoms with Gasteiger partial charge in [0.25, 0.3) is 0 Å². The average Bonchev–Trinajstić information content (AvgIpc) is 2.53. The van der Waals surface area contributed by atoms with Gasteiger partial charge < -0.3 is 0 Å². The Morgan fingerprint density at radius 1 is 1.14 bits per heavy atom. The van der Waals surface area contributed by atoms with Gasteiger partial charge in [-0.2, -0.15) is 0 Å². The van der Waals surface area contributed by atoms with E-state index in [1.807, 2.05) is 0 Å². The zero-order valence-electron chi connectivity index (χ0n) is 12.2. The molecule has 1 saturated heterocycles. The second kappa shape index (κ2) is 9.83. The van der Waals surface area contributed by atoms with Gasteiger partial charge in [0.1, 0.15) is 0 Å². The van der Waals surface area contributed by atoms with Crippen LogP contribution >= 0.6 is 20.0 Å². The molecule has 0 saturated carbocycles. The molecule has 1 heterocycles. The molecule has 0 bridgehead atoms. The molecular formula is C15H23AsN2OS2. The molecule has 0 aliphatic carbocycles. The Bertz CT molecular complexity index is 436. The molecule has 1 aromatic rings. The van der Waals surface area contributed by atoms with E-state index >= 15 is 0 Å². The first kappa shape index (κ1) is 17.3. The molecular weight excluding hydrogens is 363 g/mol. The predicted octanol–water partition coefficient (Wildman–Crippen LogP) is 2.71. The van der Waals surface area contributed by atoms with Gasteiger partial charge >= 0.3 is 139 Å². The van der Waals surface area contributed by atoms with Crippen molar-refractivity contribution in [3.05, 3.63) is 24.3 Å². The summed E-state index contributed by atoms with van der Waals surface area (Å²) in [5.74, 6) is 2.74. The van der Waals surface area contributed by atoms with Gasteiger partial charge in [0.05, 0.1) is 0 Å². The van der Waals surface area contributed by atoms with Crippen molar-refractivity contribution >= 4 is 48.3 Å². The van der Waals surface area contributed by atoms with Crippen LogP contribution in [0.2, 0.25) is 0 Å². The van der Waals surface area contributed by atoms with Crippen molar-refractivity contribution in [2.24, 2.45) is 5.73 Å². The number of rotatable bonds is 7. The molecule has 6 heteroatoms. The molecule has 3 nitrogen and oxygen atoms in total. The second-order valence-corrected chi connectivity index (χ2v) is 16.7. The molecule has 0 radical (unpaired) electrons. The molecule has 1 fully saturated rings. The zero-order valence-corrected chi connectivity index (χ0v) is 15.7. The summed E-state index contributed by atoms with van der Waals surface area (Å²) in [4.78, 5) is 11.8. The number of anilines is 1. The van der Waals surface area contributed by atoms with E-state index in [0.717, 1.165) is 24.9 Å². The van der Waals surface area contributed by atoms with E-state index < -0.39 is 12.3 Å². The molecule has 116 valence electrons. The van der Waals surface area contributed by atoms with E-state index in [2.05, 4.69) is 49.6 Å². The van der Waals surface area contributed by atoms with Crippen molar-refractivity contribution in [2.45, 2.75) is 32.1 Å². The quantitative estimate of drug-likeness (QED) is 0.559. The third-order valence-electron chi connectivity index (χ3n) is 3.18. The summed E-state index contributed by atoms with van der Waals surface area (Å²) in [7, 11) is 4.33. The Balaban J connectivity index is 1.77. The number of nitrogens with two attached hydrogens (primary N) is 1. The molecule has 0 unspecified atom stereocenters. The first-order valence-electron chi connectivity index (χ1n) is 7.45. The summed E-state index contributed by atoms with van der Waals surface area (Å²) < 4.78 is 1.50. The van der Waals surface area contributed by atoms with Crippen LogP contribution in [0.5, 0.6) is 0 Å². The van der Waals surface area contributed by atoms with E-state index in [9.17, 15) is 4.79 Å². The number of amides is 1. The van der Waals surface area contributed by atoms with Crippen LogP contribution in [0.4, 0.5) is 5.69 Å². The van der Waals surface area contributed by atoms with Gasteiger partial charge in [-0.05, 0) is 0 Å². The van der Waals surface area contributed by atoms with Gasteiger partial charge in [-0.25, -0.2) is 0 Å². The monoisotopic (exact) mass is 386 g/mol.